The van der Waals surface area contributed by atoms with Gasteiger partial charge in [-0.25, -0.2) is 20.3 Å². The van der Waals surface area contributed by atoms with Crippen molar-refractivity contribution in [1.82, 2.24) is 14.7 Å². The fourth-order valence-electron chi connectivity index (χ4n) is 8.63. The molecule has 3 atom stereocenters. The molecule has 47 heavy (non-hydrogen) atoms. The van der Waals surface area contributed by atoms with Crippen molar-refractivity contribution in [2.24, 2.45) is 15.9 Å². The number of nitrogens with zero attached hydrogens (tertiary/aromatic N) is 7. The summed E-state index contributed by atoms with van der Waals surface area (Å²) in [7, 11) is 0. The third-order valence-corrected chi connectivity index (χ3v) is 10.9. The summed E-state index contributed by atoms with van der Waals surface area (Å²) >= 11 is 0. The normalized spacial score (nSPS) is 26.6. The summed E-state index contributed by atoms with van der Waals surface area (Å²) in [6, 6.07) is 6.67. The molecule has 7 rings (SSSR count). The van der Waals surface area contributed by atoms with Crippen LogP contribution in [0.3, 0.4) is 0 Å². The maximum absolute atomic E-state index is 16.9. The minimum Gasteiger partial charge on any atom is -0.475 e. The van der Waals surface area contributed by atoms with Gasteiger partial charge in [0.15, 0.2) is 11.7 Å². The molecular weight excluding hydrogens is 600 g/mol. The molecule has 0 N–H and O–H groups in total. The van der Waals surface area contributed by atoms with Crippen LogP contribution in [0.4, 0.5) is 8.78 Å². The molecule has 5 heterocycles. The van der Waals surface area contributed by atoms with E-state index < -0.39 is 35.6 Å². The molecule has 3 saturated heterocycles. The van der Waals surface area contributed by atoms with Crippen LogP contribution in [0.2, 0.25) is 0 Å². The second-order valence-electron chi connectivity index (χ2n) is 13.5. The lowest BCUT2D eigenvalue weighted by Crippen LogP contribution is -2.57. The van der Waals surface area contributed by atoms with Crippen molar-refractivity contribution in [3.05, 3.63) is 75.8 Å². The standard InChI is InChI=1S/C36H39F2N7O2/c1-23(37)35(46)45-17-16-43(21-25(45)19-40-2)33-28(18-39)34(47-22-36-12-6-14-44(36)15-7-13-36)42-32-29(33)20-41-31(30(32)38)27-11-5-9-24-8-3-4-10-26(24)27/h5,9,11,20,25,29,32H,1,3-4,6-8,10,12-17,19,21-22H2/t25-,29?,32?/m0/s1. The van der Waals surface area contributed by atoms with Crippen LogP contribution < -0.4 is 0 Å². The predicted octanol–water partition coefficient (Wildman–Crippen LogP) is 5.02. The number of aryl methyl sites for hydroxylation is 1. The Balaban J connectivity index is 1.28. The van der Waals surface area contributed by atoms with Gasteiger partial charge in [0, 0.05) is 37.1 Å². The van der Waals surface area contributed by atoms with Crippen molar-refractivity contribution in [2.75, 3.05) is 45.9 Å². The SMILES string of the molecule is [C-]#[N+]C[C@H]1CN(C2=C(C#N)C(OCC34CCCN3CCC4)=NC3C(F)=C(c4cccc5c4CCCC5)N=CC23)CCN1C(=O)C(=C)F. The third kappa shape index (κ3) is 5.45. The molecule has 2 unspecified atom stereocenters. The van der Waals surface area contributed by atoms with Crippen LogP contribution >= 0.6 is 0 Å². The number of aliphatic imine (C=N–C) groups is 2. The summed E-state index contributed by atoms with van der Waals surface area (Å²) in [4.78, 5) is 31.4. The molecule has 5 aliphatic heterocycles. The molecule has 6 aliphatic rings. The molecular formula is C36H39F2N7O2. The lowest BCUT2D eigenvalue weighted by molar-refractivity contribution is -0.132. The van der Waals surface area contributed by atoms with Crippen molar-refractivity contribution < 1.29 is 18.3 Å². The van der Waals surface area contributed by atoms with Gasteiger partial charge in [0.05, 0.1) is 11.5 Å². The van der Waals surface area contributed by atoms with E-state index in [9.17, 15) is 14.4 Å². The average Bonchev–Trinajstić information content (AvgIpc) is 3.67. The summed E-state index contributed by atoms with van der Waals surface area (Å²) in [5.41, 5.74) is 4.02. The van der Waals surface area contributed by atoms with Crippen molar-refractivity contribution in [2.45, 2.75) is 69.0 Å². The Labute approximate surface area is 274 Å². The smallest absolute Gasteiger partial charge is 0.282 e. The zero-order valence-corrected chi connectivity index (χ0v) is 26.6. The van der Waals surface area contributed by atoms with Gasteiger partial charge in [-0.2, -0.15) is 5.26 Å². The number of piperazine rings is 1. The summed E-state index contributed by atoms with van der Waals surface area (Å²) in [5, 5.41) is 10.6. The van der Waals surface area contributed by atoms with Crippen LogP contribution in [0, 0.1) is 23.8 Å². The molecule has 1 aromatic rings. The van der Waals surface area contributed by atoms with Crippen LogP contribution in [0.25, 0.3) is 10.5 Å². The van der Waals surface area contributed by atoms with Gasteiger partial charge in [-0.15, -0.1) is 0 Å². The second-order valence-corrected chi connectivity index (χ2v) is 13.5. The first kappa shape index (κ1) is 31.3. The second kappa shape index (κ2) is 12.7. The molecule has 9 nitrogen and oxygen atoms in total. The Kier molecular flexibility index (Phi) is 8.44. The van der Waals surface area contributed by atoms with Gasteiger partial charge in [-0.1, -0.05) is 24.8 Å². The van der Waals surface area contributed by atoms with E-state index >= 15 is 4.39 Å². The van der Waals surface area contributed by atoms with Gasteiger partial charge in [-0.3, -0.25) is 14.7 Å². The van der Waals surface area contributed by atoms with Gasteiger partial charge in [0.2, 0.25) is 12.4 Å². The zero-order chi connectivity index (χ0) is 32.7. The molecule has 0 saturated carbocycles. The van der Waals surface area contributed by atoms with E-state index in [0.29, 0.717) is 12.3 Å². The van der Waals surface area contributed by atoms with E-state index in [1.54, 1.807) is 6.21 Å². The highest BCUT2D eigenvalue weighted by Crippen LogP contribution is 2.43. The highest BCUT2D eigenvalue weighted by molar-refractivity contribution is 6.01. The number of rotatable bonds is 6. The van der Waals surface area contributed by atoms with E-state index in [2.05, 4.69) is 28.5 Å². The summed E-state index contributed by atoms with van der Waals surface area (Å²) in [6.45, 7) is 13.5. The largest absolute Gasteiger partial charge is 0.475 e. The van der Waals surface area contributed by atoms with Crippen LogP contribution in [0.15, 0.2) is 57.7 Å². The Morgan fingerprint density at radius 2 is 1.96 bits per heavy atom. The Morgan fingerprint density at radius 1 is 1.17 bits per heavy atom. The topological polar surface area (TPSA) is 88.9 Å². The van der Waals surface area contributed by atoms with Crippen LogP contribution in [-0.4, -0.2) is 96.2 Å². The monoisotopic (exact) mass is 639 g/mol. The number of amides is 1. The number of hydrogen-bond donors (Lipinski definition) is 0. The number of fused-ring (bicyclic) bond motifs is 3. The molecule has 1 aliphatic carbocycles. The molecule has 1 amide bonds. The summed E-state index contributed by atoms with van der Waals surface area (Å²) < 4.78 is 37.3. The van der Waals surface area contributed by atoms with E-state index in [4.69, 9.17) is 21.3 Å². The van der Waals surface area contributed by atoms with Crippen LogP contribution in [0.5, 0.6) is 0 Å². The van der Waals surface area contributed by atoms with Crippen LogP contribution in [0.1, 0.15) is 55.2 Å². The van der Waals surface area contributed by atoms with Crippen molar-refractivity contribution >= 4 is 23.7 Å². The maximum atomic E-state index is 16.9. The number of carbonyl (C=O) groups is 1. The van der Waals surface area contributed by atoms with E-state index in [1.165, 1.54) is 10.5 Å². The number of nitriles is 1. The third-order valence-electron chi connectivity index (χ3n) is 10.9. The first-order valence-corrected chi connectivity index (χ1v) is 16.7. The van der Waals surface area contributed by atoms with E-state index in [-0.39, 0.29) is 48.9 Å². The molecule has 244 valence electrons. The minimum absolute atomic E-state index is 0.0554. The molecule has 3 fully saturated rings. The molecule has 0 spiro atoms. The van der Waals surface area contributed by atoms with Gasteiger partial charge in [0.25, 0.3) is 5.91 Å². The number of ether oxygens (including phenoxy) is 1. The highest BCUT2D eigenvalue weighted by Gasteiger charge is 2.48. The van der Waals surface area contributed by atoms with Crippen molar-refractivity contribution in [1.29, 1.82) is 5.26 Å². The van der Waals surface area contributed by atoms with Gasteiger partial charge < -0.3 is 19.4 Å². The lowest BCUT2D eigenvalue weighted by atomic mass is 9.83. The zero-order valence-electron chi connectivity index (χ0n) is 26.6. The number of dihydropyridines is 1. The fraction of sp³-hybridized carbons (Fsp3) is 0.528. The summed E-state index contributed by atoms with van der Waals surface area (Å²) in [6.07, 6.45) is 9.83. The average molecular weight is 640 g/mol. The predicted molar refractivity (Wildman–Crippen MR) is 174 cm³/mol. The first-order valence-electron chi connectivity index (χ1n) is 16.7. The first-order chi connectivity index (χ1) is 22.8. The number of halogens is 2. The lowest BCUT2D eigenvalue weighted by Gasteiger charge is -2.44. The van der Waals surface area contributed by atoms with Gasteiger partial charge in [-0.05, 0) is 75.6 Å². The summed E-state index contributed by atoms with van der Waals surface area (Å²) in [5.74, 6) is -2.97. The molecule has 0 bridgehead atoms. The van der Waals surface area contributed by atoms with Crippen molar-refractivity contribution in [3.63, 3.8) is 0 Å². The number of hydrogen-bond acceptors (Lipinski definition) is 7. The molecule has 11 heteroatoms. The van der Waals surface area contributed by atoms with Gasteiger partial charge >= 0.3 is 0 Å². The number of carbonyl (C=O) groups excluding carboxylic acids is 1. The van der Waals surface area contributed by atoms with E-state index in [1.807, 2.05) is 17.0 Å². The Bertz CT molecular complexity index is 1690. The fourth-order valence-corrected chi connectivity index (χ4v) is 8.63. The van der Waals surface area contributed by atoms with Crippen molar-refractivity contribution in [3.8, 4) is 6.07 Å². The van der Waals surface area contributed by atoms with Gasteiger partial charge in [0.1, 0.15) is 36.0 Å². The van der Waals surface area contributed by atoms with Crippen LogP contribution in [-0.2, 0) is 22.4 Å². The molecule has 0 radical (unpaired) electrons. The molecule has 1 aromatic carbocycles. The Hall–Kier alpha value is -4.35. The quantitative estimate of drug-likeness (QED) is 0.322. The van der Waals surface area contributed by atoms with E-state index in [0.717, 1.165) is 75.6 Å². The number of benzene rings is 1. The Morgan fingerprint density at radius 3 is 2.70 bits per heavy atom. The maximum Gasteiger partial charge on any atom is 0.282 e. The molecule has 0 aromatic heterocycles. The minimum atomic E-state index is -1.08. The highest BCUT2D eigenvalue weighted by atomic mass is 19.1.